The molecule has 2 rings (SSSR count). The number of methoxy groups -OCH3 is 1. The van der Waals surface area contributed by atoms with Crippen molar-refractivity contribution in [2.24, 2.45) is 0 Å². The van der Waals surface area contributed by atoms with Gasteiger partial charge in [0.15, 0.2) is 5.60 Å². The van der Waals surface area contributed by atoms with E-state index in [2.05, 4.69) is 4.98 Å². The summed E-state index contributed by atoms with van der Waals surface area (Å²) in [5, 5.41) is 10.5. The summed E-state index contributed by atoms with van der Waals surface area (Å²) >= 11 is 5.84. The molecule has 1 atom stereocenters. The Balaban J connectivity index is 2.68. The van der Waals surface area contributed by atoms with Gasteiger partial charge in [-0.15, -0.1) is 0 Å². The molecule has 1 aliphatic rings. The Kier molecular flexibility index (Phi) is 2.97. The number of rotatable bonds is 2. The molecule has 0 aromatic carbocycles. The van der Waals surface area contributed by atoms with E-state index in [0.29, 0.717) is 11.1 Å². The zero-order chi connectivity index (χ0) is 12.6. The fraction of sp³-hybridized carbons (Fsp3) is 0.455. The minimum Gasteiger partial charge on any atom is -0.481 e. The molecule has 0 spiro atoms. The second-order valence-corrected chi connectivity index (χ2v) is 4.16. The van der Waals surface area contributed by atoms with Gasteiger partial charge in [-0.2, -0.15) is 0 Å². The van der Waals surface area contributed by atoms with E-state index >= 15 is 0 Å². The van der Waals surface area contributed by atoms with Gasteiger partial charge in [0.25, 0.3) is 0 Å². The first-order valence-corrected chi connectivity index (χ1v) is 5.54. The molecule has 1 aromatic rings. The van der Waals surface area contributed by atoms with Crippen LogP contribution < -0.4 is 4.74 Å². The third-order valence-electron chi connectivity index (χ3n) is 2.89. The number of nitrogens with zero attached hydrogens (tertiary/aromatic N) is 1. The Hall–Kier alpha value is -1.33. The highest BCUT2D eigenvalue weighted by atomic mass is 35.5. The summed E-state index contributed by atoms with van der Waals surface area (Å²) < 4.78 is 10.0. The Morgan fingerprint density at radius 2 is 2.41 bits per heavy atom. The van der Waals surface area contributed by atoms with E-state index in [9.17, 15) is 9.90 Å². The molecule has 0 aliphatic carbocycles. The number of halogens is 1. The second-order valence-electron chi connectivity index (χ2n) is 3.77. The summed E-state index contributed by atoms with van der Waals surface area (Å²) in [6, 6.07) is 1.48. The Morgan fingerprint density at radius 1 is 1.71 bits per heavy atom. The van der Waals surface area contributed by atoms with Gasteiger partial charge >= 0.3 is 5.97 Å². The number of aromatic nitrogens is 1. The molecule has 0 saturated carbocycles. The van der Waals surface area contributed by atoms with Gasteiger partial charge in [0.1, 0.15) is 11.8 Å². The monoisotopic (exact) mass is 257 g/mol. The first-order chi connectivity index (χ1) is 8.02. The minimum absolute atomic E-state index is 0.0316. The maximum absolute atomic E-state index is 11.6. The van der Waals surface area contributed by atoms with E-state index in [-0.39, 0.29) is 24.1 Å². The summed E-state index contributed by atoms with van der Waals surface area (Å²) in [5.74, 6) is -0.399. The van der Waals surface area contributed by atoms with Crippen LogP contribution in [0, 0.1) is 0 Å². The second kappa shape index (κ2) is 4.16. The van der Waals surface area contributed by atoms with Crippen LogP contribution in [0.4, 0.5) is 0 Å². The summed E-state index contributed by atoms with van der Waals surface area (Å²) in [7, 11) is 1.44. The Morgan fingerprint density at radius 3 is 3.00 bits per heavy atom. The highest BCUT2D eigenvalue weighted by Gasteiger charge is 2.44. The van der Waals surface area contributed by atoms with Crippen molar-refractivity contribution in [3.8, 4) is 5.88 Å². The number of pyridine rings is 1. The van der Waals surface area contributed by atoms with Crippen molar-refractivity contribution < 1.29 is 19.4 Å². The van der Waals surface area contributed by atoms with Gasteiger partial charge < -0.3 is 14.6 Å². The normalized spacial score (nSPS) is 22.9. The van der Waals surface area contributed by atoms with Crippen molar-refractivity contribution in [1.82, 2.24) is 4.98 Å². The topological polar surface area (TPSA) is 68.7 Å². The fourth-order valence-corrected chi connectivity index (χ4v) is 2.08. The molecule has 5 nitrogen and oxygen atoms in total. The summed E-state index contributed by atoms with van der Waals surface area (Å²) in [5.41, 5.74) is -0.707. The number of carbonyl (C=O) groups is 1. The number of aliphatic hydroxyl groups is 1. The molecular weight excluding hydrogens is 246 g/mol. The van der Waals surface area contributed by atoms with E-state index in [1.54, 1.807) is 6.92 Å². The molecular formula is C11H12ClNO4. The predicted octanol–water partition coefficient (Wildman–Crippen LogP) is 1.40. The third-order valence-corrected chi connectivity index (χ3v) is 3.08. The molecule has 17 heavy (non-hydrogen) atoms. The van der Waals surface area contributed by atoms with Crippen molar-refractivity contribution in [1.29, 1.82) is 0 Å². The number of hydrogen-bond acceptors (Lipinski definition) is 5. The zero-order valence-corrected chi connectivity index (χ0v) is 10.2. The van der Waals surface area contributed by atoms with Gasteiger partial charge in [-0.1, -0.05) is 18.5 Å². The minimum atomic E-state index is -1.67. The number of cyclic esters (lactones) is 1. The lowest BCUT2D eigenvalue weighted by Crippen LogP contribution is -2.41. The van der Waals surface area contributed by atoms with Crippen LogP contribution in [0.25, 0.3) is 0 Å². The maximum Gasteiger partial charge on any atom is 0.343 e. The molecule has 0 saturated heterocycles. The summed E-state index contributed by atoms with van der Waals surface area (Å²) in [6.45, 7) is 1.72. The summed E-state index contributed by atoms with van der Waals surface area (Å²) in [4.78, 5) is 15.6. The molecule has 0 bridgehead atoms. The molecule has 0 radical (unpaired) electrons. The molecule has 1 aromatic heterocycles. The van der Waals surface area contributed by atoms with Gasteiger partial charge in [0, 0.05) is 5.56 Å². The van der Waals surface area contributed by atoms with Crippen molar-refractivity contribution in [2.45, 2.75) is 25.6 Å². The van der Waals surface area contributed by atoms with Crippen molar-refractivity contribution in [2.75, 3.05) is 7.11 Å². The van der Waals surface area contributed by atoms with Crippen LogP contribution in [0.2, 0.25) is 5.15 Å². The van der Waals surface area contributed by atoms with E-state index in [1.807, 2.05) is 0 Å². The lowest BCUT2D eigenvalue weighted by molar-refractivity contribution is -0.172. The molecule has 1 unspecified atom stereocenters. The van der Waals surface area contributed by atoms with Gasteiger partial charge in [-0.05, 0) is 12.5 Å². The number of fused-ring (bicyclic) bond motifs is 1. The van der Waals surface area contributed by atoms with Gasteiger partial charge in [0.2, 0.25) is 5.88 Å². The van der Waals surface area contributed by atoms with Crippen LogP contribution in [-0.4, -0.2) is 23.2 Å². The number of ether oxygens (including phenoxy) is 2. The van der Waals surface area contributed by atoms with E-state index in [1.165, 1.54) is 13.2 Å². The first-order valence-electron chi connectivity index (χ1n) is 5.16. The SMILES string of the molecule is CCC1(O)C(=O)OCc2c1cc(Cl)nc2OC. The van der Waals surface area contributed by atoms with Gasteiger partial charge in [0.05, 0.1) is 12.7 Å². The Bertz CT molecular complexity index is 477. The van der Waals surface area contributed by atoms with E-state index in [4.69, 9.17) is 21.1 Å². The van der Waals surface area contributed by atoms with Crippen LogP contribution in [0.15, 0.2) is 6.07 Å². The lowest BCUT2D eigenvalue weighted by Gasteiger charge is -2.31. The summed E-state index contributed by atoms with van der Waals surface area (Å²) in [6.07, 6.45) is 0.197. The van der Waals surface area contributed by atoms with Crippen molar-refractivity contribution in [3.05, 3.63) is 22.3 Å². The zero-order valence-electron chi connectivity index (χ0n) is 9.49. The number of carbonyl (C=O) groups excluding carboxylic acids is 1. The van der Waals surface area contributed by atoms with Crippen molar-refractivity contribution in [3.63, 3.8) is 0 Å². The van der Waals surface area contributed by atoms with Gasteiger partial charge in [-0.3, -0.25) is 0 Å². The fourth-order valence-electron chi connectivity index (χ4n) is 1.90. The molecule has 1 N–H and O–H groups in total. The van der Waals surface area contributed by atoms with Crippen LogP contribution in [0.1, 0.15) is 24.5 Å². The Labute approximate surface area is 103 Å². The third kappa shape index (κ3) is 1.75. The number of esters is 1. The highest BCUT2D eigenvalue weighted by molar-refractivity contribution is 6.29. The highest BCUT2D eigenvalue weighted by Crippen LogP contribution is 2.38. The van der Waals surface area contributed by atoms with Crippen LogP contribution >= 0.6 is 11.6 Å². The number of hydrogen-bond donors (Lipinski definition) is 1. The maximum atomic E-state index is 11.6. The average molecular weight is 258 g/mol. The lowest BCUT2D eigenvalue weighted by atomic mass is 9.87. The molecule has 6 heteroatoms. The molecule has 0 fully saturated rings. The van der Waals surface area contributed by atoms with Crippen LogP contribution in [0.5, 0.6) is 5.88 Å². The molecule has 1 aliphatic heterocycles. The predicted molar refractivity (Wildman–Crippen MR) is 59.8 cm³/mol. The standard InChI is InChI=1S/C11H12ClNO4/c1-3-11(15)7-4-8(12)13-9(16-2)6(7)5-17-10(11)14/h4,15H,3,5H2,1-2H3. The van der Waals surface area contributed by atoms with Gasteiger partial charge in [-0.25, -0.2) is 9.78 Å². The largest absolute Gasteiger partial charge is 0.481 e. The smallest absolute Gasteiger partial charge is 0.343 e. The molecule has 0 amide bonds. The average Bonchev–Trinajstić information content (AvgIpc) is 2.33. The first kappa shape index (κ1) is 12.1. The molecule has 2 heterocycles. The quantitative estimate of drug-likeness (QED) is 0.641. The van der Waals surface area contributed by atoms with Crippen LogP contribution in [-0.2, 0) is 21.7 Å². The van der Waals surface area contributed by atoms with E-state index < -0.39 is 11.6 Å². The molecule has 92 valence electrons. The van der Waals surface area contributed by atoms with Crippen LogP contribution in [0.3, 0.4) is 0 Å². The van der Waals surface area contributed by atoms with Crippen molar-refractivity contribution >= 4 is 17.6 Å². The van der Waals surface area contributed by atoms with E-state index in [0.717, 1.165) is 0 Å².